The summed E-state index contributed by atoms with van der Waals surface area (Å²) in [5.74, 6) is 0.280. The second kappa shape index (κ2) is 10.0. The summed E-state index contributed by atoms with van der Waals surface area (Å²) in [7, 11) is -2.15. The van der Waals surface area contributed by atoms with Crippen molar-refractivity contribution in [3.8, 4) is 5.75 Å². The molecule has 0 saturated carbocycles. The summed E-state index contributed by atoms with van der Waals surface area (Å²) in [4.78, 5) is 24.3. The maximum absolute atomic E-state index is 13.1. The van der Waals surface area contributed by atoms with E-state index in [0.29, 0.717) is 51.0 Å². The number of aryl methyl sites for hydroxylation is 1. The molecule has 1 aliphatic rings. The van der Waals surface area contributed by atoms with Crippen LogP contribution in [-0.2, 0) is 28.4 Å². The lowest BCUT2D eigenvalue weighted by molar-refractivity contribution is -0.122. The quantitative estimate of drug-likeness (QED) is 0.523. The molecule has 2 aromatic carbocycles. The zero-order valence-electron chi connectivity index (χ0n) is 19.3. The lowest BCUT2D eigenvalue weighted by Gasteiger charge is -2.31. The molecular weight excluding hydrogens is 458 g/mol. The van der Waals surface area contributed by atoms with Crippen molar-refractivity contribution in [2.45, 2.75) is 37.6 Å². The van der Waals surface area contributed by atoms with E-state index in [1.54, 1.807) is 13.1 Å². The Morgan fingerprint density at radius 3 is 2.65 bits per heavy atom. The van der Waals surface area contributed by atoms with E-state index >= 15 is 0 Å². The van der Waals surface area contributed by atoms with Crippen molar-refractivity contribution in [2.75, 3.05) is 19.7 Å². The number of benzene rings is 2. The molecule has 1 N–H and O–H groups in total. The fraction of sp³-hybridized carbons (Fsp3) is 0.417. The van der Waals surface area contributed by atoms with Crippen LogP contribution in [0.4, 0.5) is 0 Å². The van der Waals surface area contributed by atoms with Crippen LogP contribution in [0.2, 0.25) is 0 Å². The number of amides is 1. The van der Waals surface area contributed by atoms with Crippen LogP contribution in [0.3, 0.4) is 0 Å². The summed E-state index contributed by atoms with van der Waals surface area (Å²) < 4.78 is 39.7. The van der Waals surface area contributed by atoms with Gasteiger partial charge in [0.2, 0.25) is 15.9 Å². The predicted octanol–water partition coefficient (Wildman–Crippen LogP) is 2.64. The van der Waals surface area contributed by atoms with Crippen LogP contribution in [0.15, 0.2) is 56.6 Å². The molecule has 0 unspecified atom stereocenters. The van der Waals surface area contributed by atoms with Crippen LogP contribution in [0.5, 0.6) is 5.75 Å². The first kappa shape index (κ1) is 24.0. The largest absolute Gasteiger partial charge is 0.494 e. The molecule has 1 fully saturated rings. The number of oxazole rings is 1. The number of nitrogens with one attached hydrogen (secondary N) is 1. The molecular formula is C24H29N3O6S. The highest BCUT2D eigenvalue weighted by atomic mass is 32.2. The molecule has 10 heteroatoms. The van der Waals surface area contributed by atoms with Gasteiger partial charge in [0, 0.05) is 44.7 Å². The van der Waals surface area contributed by atoms with Gasteiger partial charge in [-0.1, -0.05) is 18.2 Å². The van der Waals surface area contributed by atoms with Crippen LogP contribution in [-0.4, -0.2) is 42.9 Å². The molecule has 1 saturated heterocycles. The number of hydrogen-bond acceptors (Lipinski definition) is 6. The highest BCUT2D eigenvalue weighted by Crippen LogP contribution is 2.27. The van der Waals surface area contributed by atoms with E-state index in [1.807, 2.05) is 31.2 Å². The molecule has 2 heterocycles. The van der Waals surface area contributed by atoms with E-state index in [2.05, 4.69) is 5.32 Å². The van der Waals surface area contributed by atoms with Gasteiger partial charge in [0.25, 0.3) is 0 Å². The maximum Gasteiger partial charge on any atom is 0.419 e. The summed E-state index contributed by atoms with van der Waals surface area (Å²) in [5.41, 5.74) is 1.70. The van der Waals surface area contributed by atoms with E-state index in [-0.39, 0.29) is 22.3 Å². The molecule has 1 aliphatic heterocycles. The minimum atomic E-state index is -3.72. The molecule has 9 nitrogen and oxygen atoms in total. The molecule has 0 atom stereocenters. The number of piperidine rings is 1. The Balaban J connectivity index is 1.32. The van der Waals surface area contributed by atoms with Crippen molar-refractivity contribution in [1.82, 2.24) is 14.2 Å². The Kier molecular flexibility index (Phi) is 7.08. The van der Waals surface area contributed by atoms with Crippen LogP contribution in [0, 0.1) is 5.92 Å². The molecule has 0 spiro atoms. The number of para-hydroxylation sites is 1. The first-order chi connectivity index (χ1) is 16.3. The number of carbonyl (C=O) groups is 1. The number of sulfonamides is 1. The van der Waals surface area contributed by atoms with Crippen LogP contribution in [0.1, 0.15) is 31.7 Å². The van der Waals surface area contributed by atoms with Crippen LogP contribution < -0.4 is 15.8 Å². The molecule has 34 heavy (non-hydrogen) atoms. The van der Waals surface area contributed by atoms with Crippen LogP contribution >= 0.6 is 0 Å². The lowest BCUT2D eigenvalue weighted by Crippen LogP contribution is -2.39. The normalized spacial score (nSPS) is 15.5. The number of hydrogen-bond donors (Lipinski definition) is 1. The molecule has 0 bridgehead atoms. The topological polar surface area (TPSA) is 111 Å². The third-order valence-electron chi connectivity index (χ3n) is 6.20. The van der Waals surface area contributed by atoms with E-state index in [1.165, 1.54) is 21.0 Å². The maximum atomic E-state index is 13.1. The van der Waals surface area contributed by atoms with Crippen molar-refractivity contribution in [1.29, 1.82) is 0 Å². The minimum absolute atomic E-state index is 0.0582. The number of fused-ring (bicyclic) bond motifs is 1. The summed E-state index contributed by atoms with van der Waals surface area (Å²) in [6, 6.07) is 12.1. The zero-order valence-corrected chi connectivity index (χ0v) is 20.1. The van der Waals surface area contributed by atoms with Gasteiger partial charge in [-0.05, 0) is 43.9 Å². The minimum Gasteiger partial charge on any atom is -0.494 e. The van der Waals surface area contributed by atoms with E-state index in [0.717, 1.165) is 11.3 Å². The first-order valence-electron chi connectivity index (χ1n) is 11.4. The molecule has 3 aromatic rings. The van der Waals surface area contributed by atoms with Crippen molar-refractivity contribution in [3.63, 3.8) is 0 Å². The van der Waals surface area contributed by atoms with Gasteiger partial charge < -0.3 is 14.5 Å². The van der Waals surface area contributed by atoms with Crippen molar-refractivity contribution in [3.05, 3.63) is 58.6 Å². The van der Waals surface area contributed by atoms with Gasteiger partial charge in [0.15, 0.2) is 5.58 Å². The Morgan fingerprint density at radius 2 is 1.91 bits per heavy atom. The van der Waals surface area contributed by atoms with Gasteiger partial charge in [-0.2, -0.15) is 4.31 Å². The molecule has 182 valence electrons. The Hall–Kier alpha value is -3.11. The molecule has 0 radical (unpaired) electrons. The summed E-state index contributed by atoms with van der Waals surface area (Å²) in [6.45, 7) is 3.54. The number of aromatic nitrogens is 1. The fourth-order valence-corrected chi connectivity index (χ4v) is 5.74. The van der Waals surface area contributed by atoms with Gasteiger partial charge in [-0.25, -0.2) is 13.2 Å². The highest BCUT2D eigenvalue weighted by molar-refractivity contribution is 7.89. The number of carbonyl (C=O) groups excluding carboxylic acids is 1. The molecule has 4 rings (SSSR count). The molecule has 1 aromatic heterocycles. The molecule has 1 amide bonds. The predicted molar refractivity (Wildman–Crippen MR) is 127 cm³/mol. The third kappa shape index (κ3) is 5.02. The Labute approximate surface area is 198 Å². The number of ether oxygens (including phenoxy) is 1. The van der Waals surface area contributed by atoms with E-state index in [4.69, 9.17) is 9.15 Å². The Morgan fingerprint density at radius 1 is 1.18 bits per heavy atom. The second-order valence-electron chi connectivity index (χ2n) is 8.43. The van der Waals surface area contributed by atoms with Gasteiger partial charge >= 0.3 is 5.76 Å². The van der Waals surface area contributed by atoms with Crippen molar-refractivity contribution < 1.29 is 22.4 Å². The van der Waals surface area contributed by atoms with Gasteiger partial charge in [-0.15, -0.1) is 0 Å². The monoisotopic (exact) mass is 487 g/mol. The number of rotatable bonds is 8. The van der Waals surface area contributed by atoms with Gasteiger partial charge in [0.1, 0.15) is 5.75 Å². The van der Waals surface area contributed by atoms with Crippen molar-refractivity contribution in [2.24, 2.45) is 13.0 Å². The van der Waals surface area contributed by atoms with Gasteiger partial charge in [-0.3, -0.25) is 9.36 Å². The van der Waals surface area contributed by atoms with Crippen LogP contribution in [0.25, 0.3) is 11.1 Å². The second-order valence-corrected chi connectivity index (χ2v) is 10.4. The highest BCUT2D eigenvalue weighted by Gasteiger charge is 2.30. The summed E-state index contributed by atoms with van der Waals surface area (Å²) in [6.07, 6.45) is 1.56. The smallest absolute Gasteiger partial charge is 0.419 e. The number of nitrogens with zero attached hydrogens (tertiary/aromatic N) is 2. The Bertz CT molecular complexity index is 1340. The fourth-order valence-electron chi connectivity index (χ4n) is 4.25. The standard InChI is InChI=1S/C24H29N3O6S/c1-3-32-21-7-5-4-6-18(21)16-25-23(28)14-17-10-12-27(13-11-17)34(30,31)19-8-9-20-22(15-19)33-24(29)26(20)2/h4-9,15,17H,3,10-14,16H2,1-2H3,(H,25,28). The zero-order chi connectivity index (χ0) is 24.3. The SMILES string of the molecule is CCOc1ccccc1CNC(=O)CC1CCN(S(=O)(=O)c2ccc3c(c2)oc(=O)n3C)CC1. The molecule has 0 aliphatic carbocycles. The van der Waals surface area contributed by atoms with E-state index in [9.17, 15) is 18.0 Å². The van der Waals surface area contributed by atoms with E-state index < -0.39 is 15.8 Å². The first-order valence-corrected chi connectivity index (χ1v) is 12.8. The average Bonchev–Trinajstić information content (AvgIpc) is 3.12. The van der Waals surface area contributed by atoms with Crippen molar-refractivity contribution >= 4 is 27.0 Å². The summed E-state index contributed by atoms with van der Waals surface area (Å²) >= 11 is 0. The third-order valence-corrected chi connectivity index (χ3v) is 8.09. The lowest BCUT2D eigenvalue weighted by atomic mass is 9.94. The van der Waals surface area contributed by atoms with Gasteiger partial charge in [0.05, 0.1) is 17.0 Å². The average molecular weight is 488 g/mol. The summed E-state index contributed by atoms with van der Waals surface area (Å²) in [5, 5.41) is 2.95.